The maximum Gasteiger partial charge on any atom is 0.246 e. The summed E-state index contributed by atoms with van der Waals surface area (Å²) in [6, 6.07) is 9.10. The molecule has 1 fully saturated rings. The molecule has 1 heterocycles. The molecule has 1 aliphatic rings. The van der Waals surface area contributed by atoms with Crippen molar-refractivity contribution in [2.24, 2.45) is 5.92 Å². The lowest BCUT2D eigenvalue weighted by molar-refractivity contribution is -0.150. The Hall–Kier alpha value is -1.84. The molecule has 1 N–H and O–H groups in total. The minimum Gasteiger partial charge on any atom is -0.342 e. The van der Waals surface area contributed by atoms with E-state index in [1.54, 1.807) is 4.90 Å². The highest BCUT2D eigenvalue weighted by Crippen LogP contribution is 2.20. The van der Waals surface area contributed by atoms with E-state index in [0.717, 1.165) is 5.56 Å². The molecule has 4 heteroatoms. The summed E-state index contributed by atoms with van der Waals surface area (Å²) < 4.78 is 0. The van der Waals surface area contributed by atoms with Crippen LogP contribution in [-0.4, -0.2) is 28.8 Å². The van der Waals surface area contributed by atoms with Gasteiger partial charge in [-0.3, -0.25) is 9.59 Å². The van der Waals surface area contributed by atoms with Gasteiger partial charge in [-0.05, 0) is 24.3 Å². The molecule has 1 aromatic rings. The lowest BCUT2D eigenvalue weighted by Crippen LogP contribution is -2.62. The van der Waals surface area contributed by atoms with Gasteiger partial charge in [0.05, 0.1) is 0 Å². The van der Waals surface area contributed by atoms with Crippen LogP contribution in [-0.2, 0) is 16.1 Å². The van der Waals surface area contributed by atoms with Crippen LogP contribution in [0.2, 0.25) is 0 Å². The van der Waals surface area contributed by atoms with Crippen LogP contribution in [0.3, 0.4) is 0 Å². The standard InChI is InChI=1S/C17H24N2O2/c1-4-15-16(20)18-14(10-12(2)3)17(21)19(15)11-13-8-6-5-7-9-13/h5-9,12,14-15H,4,10-11H2,1-3H3,(H,18,20). The van der Waals surface area contributed by atoms with Crippen LogP contribution in [0.1, 0.15) is 39.2 Å². The summed E-state index contributed by atoms with van der Waals surface area (Å²) in [7, 11) is 0. The minimum absolute atomic E-state index is 0.0290. The molecule has 4 nitrogen and oxygen atoms in total. The highest BCUT2D eigenvalue weighted by atomic mass is 16.2. The van der Waals surface area contributed by atoms with Crippen molar-refractivity contribution in [1.82, 2.24) is 10.2 Å². The number of carbonyl (C=O) groups excluding carboxylic acids is 2. The number of hydrogen-bond donors (Lipinski definition) is 1. The monoisotopic (exact) mass is 288 g/mol. The summed E-state index contributed by atoms with van der Waals surface area (Å²) >= 11 is 0. The molecular formula is C17H24N2O2. The van der Waals surface area contributed by atoms with Crippen LogP contribution in [0.25, 0.3) is 0 Å². The van der Waals surface area contributed by atoms with Crippen molar-refractivity contribution in [3.8, 4) is 0 Å². The van der Waals surface area contributed by atoms with E-state index in [0.29, 0.717) is 25.3 Å². The Kier molecular flexibility index (Phi) is 4.99. The summed E-state index contributed by atoms with van der Waals surface area (Å²) in [5.74, 6) is 0.383. The lowest BCUT2D eigenvalue weighted by atomic mass is 9.97. The quantitative estimate of drug-likeness (QED) is 0.904. The molecule has 2 unspecified atom stereocenters. The van der Waals surface area contributed by atoms with Gasteiger partial charge in [0, 0.05) is 6.54 Å². The first-order valence-corrected chi connectivity index (χ1v) is 7.67. The molecule has 0 spiro atoms. The zero-order valence-electron chi connectivity index (χ0n) is 13.0. The molecule has 0 saturated carbocycles. The third kappa shape index (κ3) is 3.63. The van der Waals surface area contributed by atoms with Crippen molar-refractivity contribution in [2.75, 3.05) is 0 Å². The fraction of sp³-hybridized carbons (Fsp3) is 0.529. The van der Waals surface area contributed by atoms with Crippen LogP contribution in [0, 0.1) is 5.92 Å². The molecule has 1 aliphatic heterocycles. The van der Waals surface area contributed by atoms with Gasteiger partial charge in [-0.15, -0.1) is 0 Å². The Labute approximate surface area is 126 Å². The zero-order chi connectivity index (χ0) is 15.4. The number of nitrogens with zero attached hydrogens (tertiary/aromatic N) is 1. The smallest absolute Gasteiger partial charge is 0.246 e. The number of carbonyl (C=O) groups is 2. The van der Waals surface area contributed by atoms with Crippen molar-refractivity contribution in [1.29, 1.82) is 0 Å². The van der Waals surface area contributed by atoms with Gasteiger partial charge in [-0.1, -0.05) is 51.1 Å². The second kappa shape index (κ2) is 6.74. The molecule has 0 aromatic heterocycles. The average molecular weight is 288 g/mol. The van der Waals surface area contributed by atoms with E-state index in [-0.39, 0.29) is 23.9 Å². The van der Waals surface area contributed by atoms with Gasteiger partial charge in [0.15, 0.2) is 0 Å². The third-order valence-electron chi connectivity index (χ3n) is 3.87. The number of benzene rings is 1. The number of amides is 2. The van der Waals surface area contributed by atoms with Crippen LogP contribution >= 0.6 is 0 Å². The molecule has 1 saturated heterocycles. The molecule has 114 valence electrons. The van der Waals surface area contributed by atoms with E-state index in [9.17, 15) is 9.59 Å². The van der Waals surface area contributed by atoms with Gasteiger partial charge in [0.2, 0.25) is 11.8 Å². The Balaban J connectivity index is 2.20. The molecule has 0 radical (unpaired) electrons. The van der Waals surface area contributed by atoms with Crippen molar-refractivity contribution in [3.05, 3.63) is 35.9 Å². The number of nitrogens with one attached hydrogen (secondary N) is 1. The zero-order valence-corrected chi connectivity index (χ0v) is 13.0. The summed E-state index contributed by atoms with van der Waals surface area (Å²) in [5, 5.41) is 2.88. The van der Waals surface area contributed by atoms with E-state index < -0.39 is 0 Å². The van der Waals surface area contributed by atoms with E-state index in [1.807, 2.05) is 37.3 Å². The molecule has 0 bridgehead atoms. The molecule has 2 rings (SSSR count). The van der Waals surface area contributed by atoms with E-state index in [4.69, 9.17) is 0 Å². The largest absolute Gasteiger partial charge is 0.342 e. The SMILES string of the molecule is CCC1C(=O)NC(CC(C)C)C(=O)N1Cc1ccccc1. The number of rotatable bonds is 5. The van der Waals surface area contributed by atoms with Crippen molar-refractivity contribution >= 4 is 11.8 Å². The van der Waals surface area contributed by atoms with Gasteiger partial charge < -0.3 is 10.2 Å². The predicted molar refractivity (Wildman–Crippen MR) is 82.5 cm³/mol. The average Bonchev–Trinajstić information content (AvgIpc) is 2.45. The first kappa shape index (κ1) is 15.5. The van der Waals surface area contributed by atoms with Gasteiger partial charge >= 0.3 is 0 Å². The molecular weight excluding hydrogens is 264 g/mol. The van der Waals surface area contributed by atoms with E-state index in [1.165, 1.54) is 0 Å². The van der Waals surface area contributed by atoms with Gasteiger partial charge in [0.25, 0.3) is 0 Å². The fourth-order valence-corrected chi connectivity index (χ4v) is 2.83. The molecule has 1 aromatic carbocycles. The third-order valence-corrected chi connectivity index (χ3v) is 3.87. The van der Waals surface area contributed by atoms with Crippen molar-refractivity contribution < 1.29 is 9.59 Å². The van der Waals surface area contributed by atoms with Crippen LogP contribution < -0.4 is 5.32 Å². The van der Waals surface area contributed by atoms with E-state index >= 15 is 0 Å². The topological polar surface area (TPSA) is 49.4 Å². The lowest BCUT2D eigenvalue weighted by Gasteiger charge is -2.39. The summed E-state index contributed by atoms with van der Waals surface area (Å²) in [6.45, 7) is 6.57. The van der Waals surface area contributed by atoms with Crippen LogP contribution in [0.5, 0.6) is 0 Å². The summed E-state index contributed by atoms with van der Waals surface area (Å²) in [4.78, 5) is 26.7. The molecule has 0 aliphatic carbocycles. The van der Waals surface area contributed by atoms with Crippen molar-refractivity contribution in [3.63, 3.8) is 0 Å². The molecule has 2 atom stereocenters. The second-order valence-corrected chi connectivity index (χ2v) is 6.07. The second-order valence-electron chi connectivity index (χ2n) is 6.07. The Morgan fingerprint density at radius 1 is 1.19 bits per heavy atom. The highest BCUT2D eigenvalue weighted by Gasteiger charge is 2.39. The van der Waals surface area contributed by atoms with Crippen LogP contribution in [0.4, 0.5) is 0 Å². The first-order chi connectivity index (χ1) is 10.0. The Morgan fingerprint density at radius 2 is 1.86 bits per heavy atom. The fourth-order valence-electron chi connectivity index (χ4n) is 2.83. The van der Waals surface area contributed by atoms with Gasteiger partial charge in [-0.2, -0.15) is 0 Å². The summed E-state index contributed by atoms with van der Waals surface area (Å²) in [5.41, 5.74) is 1.06. The van der Waals surface area contributed by atoms with Gasteiger partial charge in [0.1, 0.15) is 12.1 Å². The van der Waals surface area contributed by atoms with Crippen molar-refractivity contribution in [2.45, 2.75) is 52.2 Å². The Morgan fingerprint density at radius 3 is 2.43 bits per heavy atom. The normalized spacial score (nSPS) is 22.6. The first-order valence-electron chi connectivity index (χ1n) is 7.67. The van der Waals surface area contributed by atoms with Gasteiger partial charge in [-0.25, -0.2) is 0 Å². The maximum atomic E-state index is 12.7. The Bertz CT molecular complexity index is 499. The van der Waals surface area contributed by atoms with Crippen LogP contribution in [0.15, 0.2) is 30.3 Å². The highest BCUT2D eigenvalue weighted by molar-refractivity contribution is 5.96. The minimum atomic E-state index is -0.385. The molecule has 21 heavy (non-hydrogen) atoms. The summed E-state index contributed by atoms with van der Waals surface area (Å²) in [6.07, 6.45) is 1.32. The maximum absolute atomic E-state index is 12.7. The molecule has 2 amide bonds. The predicted octanol–water partition coefficient (Wildman–Crippen LogP) is 2.34. The number of piperazine rings is 1. The number of hydrogen-bond acceptors (Lipinski definition) is 2. The van der Waals surface area contributed by atoms with E-state index in [2.05, 4.69) is 19.2 Å².